The van der Waals surface area contributed by atoms with Crippen molar-refractivity contribution in [1.82, 2.24) is 15.1 Å². The van der Waals surface area contributed by atoms with Crippen LogP contribution >= 0.6 is 0 Å². The van der Waals surface area contributed by atoms with E-state index in [0.29, 0.717) is 16.8 Å². The maximum absolute atomic E-state index is 12.3. The number of carbonyl (C=O) groups is 2. The number of para-hydroxylation sites is 1. The van der Waals surface area contributed by atoms with Crippen molar-refractivity contribution in [3.05, 3.63) is 47.3 Å². The first kappa shape index (κ1) is 15.8. The molecule has 0 unspecified atom stereocenters. The second-order valence-electron chi connectivity index (χ2n) is 5.40. The minimum Gasteiger partial charge on any atom is -0.350 e. The first-order chi connectivity index (χ1) is 10.4. The third kappa shape index (κ3) is 3.33. The molecule has 1 aromatic heterocycles. The third-order valence-electron chi connectivity index (χ3n) is 3.32. The van der Waals surface area contributed by atoms with E-state index in [-0.39, 0.29) is 17.9 Å². The van der Waals surface area contributed by atoms with Crippen molar-refractivity contribution in [1.29, 1.82) is 0 Å². The van der Waals surface area contributed by atoms with E-state index in [1.165, 1.54) is 6.20 Å². The summed E-state index contributed by atoms with van der Waals surface area (Å²) in [4.78, 5) is 24.5. The zero-order valence-electron chi connectivity index (χ0n) is 13.2. The molecule has 0 aliphatic carbocycles. The van der Waals surface area contributed by atoms with Crippen LogP contribution in [0, 0.1) is 6.92 Å². The number of hydrogen-bond donors (Lipinski definition) is 2. The van der Waals surface area contributed by atoms with E-state index in [1.807, 2.05) is 20.8 Å². The van der Waals surface area contributed by atoms with Gasteiger partial charge >= 0.3 is 0 Å². The summed E-state index contributed by atoms with van der Waals surface area (Å²) in [5, 5.41) is 9.66. The molecule has 0 radical (unpaired) electrons. The van der Waals surface area contributed by atoms with E-state index in [9.17, 15) is 9.59 Å². The van der Waals surface area contributed by atoms with Crippen LogP contribution in [-0.4, -0.2) is 27.6 Å². The fourth-order valence-corrected chi connectivity index (χ4v) is 2.04. The minimum absolute atomic E-state index is 0.0248. The van der Waals surface area contributed by atoms with Crippen LogP contribution in [0.25, 0.3) is 0 Å². The van der Waals surface area contributed by atoms with Crippen molar-refractivity contribution >= 4 is 17.5 Å². The fraction of sp³-hybridized carbons (Fsp3) is 0.312. The highest BCUT2D eigenvalue weighted by atomic mass is 16.2. The van der Waals surface area contributed by atoms with Crippen LogP contribution in [0.3, 0.4) is 0 Å². The van der Waals surface area contributed by atoms with Gasteiger partial charge in [0.25, 0.3) is 11.8 Å². The third-order valence-corrected chi connectivity index (χ3v) is 3.32. The standard InChI is InChI=1S/C16H20N4O2/c1-10(2)18-15(21)12-7-5-6-8-14(12)19-16(22)13-9-17-20(4)11(13)3/h5-10H,1-4H3,(H,18,21)(H,19,22). The Labute approximate surface area is 129 Å². The van der Waals surface area contributed by atoms with Gasteiger partial charge in [0.05, 0.1) is 23.0 Å². The SMILES string of the molecule is Cc1c(C(=O)Nc2ccccc2C(=O)NC(C)C)cnn1C. The monoisotopic (exact) mass is 300 g/mol. The van der Waals surface area contributed by atoms with Gasteiger partial charge in [0, 0.05) is 18.8 Å². The predicted octanol–water partition coefficient (Wildman–Crippen LogP) is 2.12. The summed E-state index contributed by atoms with van der Waals surface area (Å²) in [5.74, 6) is -0.496. The summed E-state index contributed by atoms with van der Waals surface area (Å²) in [5.41, 5.74) is 2.17. The van der Waals surface area contributed by atoms with Crippen molar-refractivity contribution < 1.29 is 9.59 Å². The molecule has 0 atom stereocenters. The van der Waals surface area contributed by atoms with Crippen molar-refractivity contribution in [3.63, 3.8) is 0 Å². The molecule has 0 aliphatic rings. The Morgan fingerprint density at radius 1 is 1.14 bits per heavy atom. The molecule has 2 rings (SSSR count). The number of hydrogen-bond acceptors (Lipinski definition) is 3. The highest BCUT2D eigenvalue weighted by molar-refractivity contribution is 6.09. The number of rotatable bonds is 4. The van der Waals surface area contributed by atoms with Crippen LogP contribution in [0.4, 0.5) is 5.69 Å². The van der Waals surface area contributed by atoms with Crippen molar-refractivity contribution in [3.8, 4) is 0 Å². The summed E-state index contributed by atoms with van der Waals surface area (Å²) in [6.07, 6.45) is 1.52. The van der Waals surface area contributed by atoms with Gasteiger partial charge in [-0.15, -0.1) is 0 Å². The Kier molecular flexibility index (Phi) is 4.60. The summed E-state index contributed by atoms with van der Waals surface area (Å²) >= 11 is 0. The number of benzene rings is 1. The van der Waals surface area contributed by atoms with Crippen LogP contribution in [0.2, 0.25) is 0 Å². The molecule has 2 N–H and O–H groups in total. The lowest BCUT2D eigenvalue weighted by atomic mass is 10.1. The van der Waals surface area contributed by atoms with E-state index in [4.69, 9.17) is 0 Å². The number of aromatic nitrogens is 2. The van der Waals surface area contributed by atoms with Gasteiger partial charge in [-0.1, -0.05) is 12.1 Å². The molecule has 0 saturated heterocycles. The highest BCUT2D eigenvalue weighted by Crippen LogP contribution is 2.17. The molecule has 116 valence electrons. The Hall–Kier alpha value is -2.63. The smallest absolute Gasteiger partial charge is 0.259 e. The van der Waals surface area contributed by atoms with Gasteiger partial charge in [0.1, 0.15) is 0 Å². The molecule has 22 heavy (non-hydrogen) atoms. The Morgan fingerprint density at radius 2 is 1.82 bits per heavy atom. The molecule has 2 aromatic rings. The average molecular weight is 300 g/mol. The van der Waals surface area contributed by atoms with Gasteiger partial charge in [-0.2, -0.15) is 5.10 Å². The first-order valence-electron chi connectivity index (χ1n) is 7.10. The Balaban J connectivity index is 2.25. The summed E-state index contributed by atoms with van der Waals surface area (Å²) in [6.45, 7) is 5.59. The molecule has 2 amide bonds. The molecule has 1 heterocycles. The van der Waals surface area contributed by atoms with Crippen LogP contribution < -0.4 is 10.6 Å². The normalized spacial score (nSPS) is 10.6. The summed E-state index contributed by atoms with van der Waals surface area (Å²) < 4.78 is 1.63. The number of nitrogens with one attached hydrogen (secondary N) is 2. The van der Waals surface area contributed by atoms with E-state index in [0.717, 1.165) is 5.69 Å². The van der Waals surface area contributed by atoms with Crippen molar-refractivity contribution in [2.75, 3.05) is 5.32 Å². The molecular weight excluding hydrogens is 280 g/mol. The maximum atomic E-state index is 12.3. The molecule has 0 bridgehead atoms. The number of anilines is 1. The summed E-state index contributed by atoms with van der Waals surface area (Å²) in [6, 6.07) is 6.96. The van der Waals surface area contributed by atoms with Crippen molar-refractivity contribution in [2.24, 2.45) is 7.05 Å². The molecule has 0 spiro atoms. The number of amides is 2. The quantitative estimate of drug-likeness (QED) is 0.908. The second-order valence-corrected chi connectivity index (χ2v) is 5.40. The van der Waals surface area contributed by atoms with Gasteiger partial charge in [-0.25, -0.2) is 0 Å². The van der Waals surface area contributed by atoms with Crippen LogP contribution in [0.15, 0.2) is 30.5 Å². The predicted molar refractivity (Wildman–Crippen MR) is 84.9 cm³/mol. The van der Waals surface area contributed by atoms with Gasteiger partial charge < -0.3 is 10.6 Å². The second kappa shape index (κ2) is 6.43. The fourth-order valence-electron chi connectivity index (χ4n) is 2.04. The zero-order valence-corrected chi connectivity index (χ0v) is 13.2. The van der Waals surface area contributed by atoms with E-state index >= 15 is 0 Å². The van der Waals surface area contributed by atoms with Crippen LogP contribution in [0.5, 0.6) is 0 Å². The van der Waals surface area contributed by atoms with Gasteiger partial charge in [-0.3, -0.25) is 14.3 Å². The molecule has 0 aliphatic heterocycles. The molecule has 0 fully saturated rings. The molecule has 6 nitrogen and oxygen atoms in total. The summed E-state index contributed by atoms with van der Waals surface area (Å²) in [7, 11) is 1.77. The minimum atomic E-state index is -0.282. The number of carbonyl (C=O) groups excluding carboxylic acids is 2. The van der Waals surface area contributed by atoms with Crippen LogP contribution in [-0.2, 0) is 7.05 Å². The van der Waals surface area contributed by atoms with E-state index in [2.05, 4.69) is 15.7 Å². The zero-order chi connectivity index (χ0) is 16.3. The van der Waals surface area contributed by atoms with Crippen LogP contribution in [0.1, 0.15) is 40.3 Å². The van der Waals surface area contributed by atoms with Crippen molar-refractivity contribution in [2.45, 2.75) is 26.8 Å². The van der Waals surface area contributed by atoms with E-state index < -0.39 is 0 Å². The number of aryl methyl sites for hydroxylation is 1. The average Bonchev–Trinajstić information content (AvgIpc) is 2.79. The Morgan fingerprint density at radius 3 is 2.41 bits per heavy atom. The lowest BCUT2D eigenvalue weighted by Gasteiger charge is -2.13. The highest BCUT2D eigenvalue weighted by Gasteiger charge is 2.17. The first-order valence-corrected chi connectivity index (χ1v) is 7.10. The Bertz CT molecular complexity index is 704. The molecule has 0 saturated carbocycles. The van der Waals surface area contributed by atoms with Gasteiger partial charge in [-0.05, 0) is 32.9 Å². The van der Waals surface area contributed by atoms with E-state index in [1.54, 1.807) is 36.0 Å². The molecule has 6 heteroatoms. The molecule has 1 aromatic carbocycles. The largest absolute Gasteiger partial charge is 0.350 e. The van der Waals surface area contributed by atoms with Gasteiger partial charge in [0.15, 0.2) is 0 Å². The lowest BCUT2D eigenvalue weighted by molar-refractivity contribution is 0.0944. The molecular formula is C16H20N4O2. The topological polar surface area (TPSA) is 76.0 Å². The van der Waals surface area contributed by atoms with Gasteiger partial charge in [0.2, 0.25) is 0 Å². The maximum Gasteiger partial charge on any atom is 0.259 e. The number of nitrogens with zero attached hydrogens (tertiary/aromatic N) is 2. The lowest BCUT2D eigenvalue weighted by Crippen LogP contribution is -2.31.